The number of hydrogen-bond donors (Lipinski definition) is 2. The molecule has 1 aromatic heterocycles. The van der Waals surface area contributed by atoms with Crippen LogP contribution in [0.5, 0.6) is 0 Å². The zero-order valence-electron chi connectivity index (χ0n) is 12.2. The standard InChI is InChI=1S/C14H25N5/c1-14(2,3)12-10-17-13(18-11-12)16-6-9-19-7-4-15-5-8-19/h10-11,15H,4-9H2,1-3H3,(H,16,17,18). The summed E-state index contributed by atoms with van der Waals surface area (Å²) >= 11 is 0. The molecule has 0 aliphatic carbocycles. The van der Waals surface area contributed by atoms with Crippen molar-refractivity contribution in [2.75, 3.05) is 44.6 Å². The Morgan fingerprint density at radius 3 is 2.42 bits per heavy atom. The van der Waals surface area contributed by atoms with E-state index >= 15 is 0 Å². The largest absolute Gasteiger partial charge is 0.353 e. The summed E-state index contributed by atoms with van der Waals surface area (Å²) in [6, 6.07) is 0. The molecule has 1 aliphatic heterocycles. The van der Waals surface area contributed by atoms with E-state index < -0.39 is 0 Å². The molecule has 0 unspecified atom stereocenters. The van der Waals surface area contributed by atoms with Crippen molar-refractivity contribution < 1.29 is 0 Å². The summed E-state index contributed by atoms with van der Waals surface area (Å²) in [4.78, 5) is 11.2. The van der Waals surface area contributed by atoms with E-state index in [2.05, 4.69) is 46.3 Å². The predicted molar refractivity (Wildman–Crippen MR) is 78.5 cm³/mol. The van der Waals surface area contributed by atoms with Gasteiger partial charge in [0.15, 0.2) is 0 Å². The zero-order valence-corrected chi connectivity index (χ0v) is 12.2. The maximum Gasteiger partial charge on any atom is 0.222 e. The number of aromatic nitrogens is 2. The number of hydrogen-bond acceptors (Lipinski definition) is 5. The van der Waals surface area contributed by atoms with E-state index in [1.54, 1.807) is 0 Å². The summed E-state index contributed by atoms with van der Waals surface area (Å²) in [5.74, 6) is 0.725. The molecule has 1 aromatic rings. The molecule has 0 radical (unpaired) electrons. The van der Waals surface area contributed by atoms with E-state index in [9.17, 15) is 0 Å². The number of piperazine rings is 1. The van der Waals surface area contributed by atoms with Gasteiger partial charge in [0, 0.05) is 51.7 Å². The van der Waals surface area contributed by atoms with Crippen molar-refractivity contribution in [1.29, 1.82) is 0 Å². The number of nitrogens with one attached hydrogen (secondary N) is 2. The van der Waals surface area contributed by atoms with Crippen molar-refractivity contribution in [3.63, 3.8) is 0 Å². The van der Waals surface area contributed by atoms with Crippen LogP contribution >= 0.6 is 0 Å². The Kier molecular flexibility index (Phi) is 4.71. The maximum absolute atomic E-state index is 4.37. The van der Waals surface area contributed by atoms with Gasteiger partial charge in [0.25, 0.3) is 0 Å². The zero-order chi connectivity index (χ0) is 13.7. The molecule has 1 aliphatic rings. The fraction of sp³-hybridized carbons (Fsp3) is 0.714. The Labute approximate surface area is 115 Å². The molecule has 1 saturated heterocycles. The summed E-state index contributed by atoms with van der Waals surface area (Å²) in [6.07, 6.45) is 3.83. The number of anilines is 1. The molecule has 2 rings (SSSR count). The van der Waals surface area contributed by atoms with Crippen LogP contribution in [0.25, 0.3) is 0 Å². The topological polar surface area (TPSA) is 53.1 Å². The van der Waals surface area contributed by atoms with E-state index in [0.717, 1.165) is 45.2 Å². The minimum atomic E-state index is 0.110. The molecule has 0 aromatic carbocycles. The van der Waals surface area contributed by atoms with E-state index in [-0.39, 0.29) is 5.41 Å². The average Bonchev–Trinajstić information content (AvgIpc) is 2.39. The van der Waals surface area contributed by atoms with Crippen molar-refractivity contribution in [3.8, 4) is 0 Å². The lowest BCUT2D eigenvalue weighted by atomic mass is 9.89. The molecule has 0 atom stereocenters. The lowest BCUT2D eigenvalue weighted by Gasteiger charge is -2.27. The fourth-order valence-corrected chi connectivity index (χ4v) is 2.07. The third-order valence-corrected chi connectivity index (χ3v) is 3.44. The molecule has 0 amide bonds. The lowest BCUT2D eigenvalue weighted by molar-refractivity contribution is 0.249. The first-order valence-corrected chi connectivity index (χ1v) is 7.05. The van der Waals surface area contributed by atoms with E-state index in [0.29, 0.717) is 0 Å². The van der Waals surface area contributed by atoms with Crippen molar-refractivity contribution >= 4 is 5.95 Å². The molecule has 0 saturated carbocycles. The monoisotopic (exact) mass is 263 g/mol. The van der Waals surface area contributed by atoms with E-state index in [1.165, 1.54) is 5.56 Å². The summed E-state index contributed by atoms with van der Waals surface area (Å²) in [5.41, 5.74) is 1.28. The van der Waals surface area contributed by atoms with Gasteiger partial charge in [0.1, 0.15) is 0 Å². The number of rotatable bonds is 4. The predicted octanol–water partition coefficient (Wildman–Crippen LogP) is 1.09. The van der Waals surface area contributed by atoms with Crippen molar-refractivity contribution in [2.24, 2.45) is 0 Å². The van der Waals surface area contributed by atoms with Crippen LogP contribution in [0, 0.1) is 0 Å². The second-order valence-corrected chi connectivity index (χ2v) is 6.06. The Bertz CT molecular complexity index is 376. The third-order valence-electron chi connectivity index (χ3n) is 3.44. The van der Waals surface area contributed by atoms with Crippen LogP contribution in [0.4, 0.5) is 5.95 Å². The first-order chi connectivity index (χ1) is 9.05. The maximum atomic E-state index is 4.37. The molecule has 2 N–H and O–H groups in total. The van der Waals surface area contributed by atoms with Gasteiger partial charge in [-0.15, -0.1) is 0 Å². The SMILES string of the molecule is CC(C)(C)c1cnc(NCCN2CCNCC2)nc1. The van der Waals surface area contributed by atoms with Gasteiger partial charge < -0.3 is 10.6 Å². The second kappa shape index (κ2) is 6.30. The second-order valence-electron chi connectivity index (χ2n) is 6.06. The van der Waals surface area contributed by atoms with Crippen molar-refractivity contribution in [2.45, 2.75) is 26.2 Å². The van der Waals surface area contributed by atoms with Gasteiger partial charge in [-0.2, -0.15) is 0 Å². The minimum absolute atomic E-state index is 0.110. The van der Waals surface area contributed by atoms with Gasteiger partial charge in [-0.3, -0.25) is 4.90 Å². The summed E-state index contributed by atoms with van der Waals surface area (Å²) in [7, 11) is 0. The van der Waals surface area contributed by atoms with Gasteiger partial charge in [-0.1, -0.05) is 20.8 Å². The highest BCUT2D eigenvalue weighted by atomic mass is 15.2. The first-order valence-electron chi connectivity index (χ1n) is 7.05. The Hall–Kier alpha value is -1.20. The molecule has 2 heterocycles. The Balaban J connectivity index is 1.76. The molecule has 1 fully saturated rings. The highest BCUT2D eigenvalue weighted by Gasteiger charge is 2.14. The van der Waals surface area contributed by atoms with Crippen molar-refractivity contribution in [1.82, 2.24) is 20.2 Å². The van der Waals surface area contributed by atoms with Crippen LogP contribution in [0.2, 0.25) is 0 Å². The summed E-state index contributed by atoms with van der Waals surface area (Å²) in [6.45, 7) is 12.9. The van der Waals surface area contributed by atoms with Gasteiger partial charge in [0.2, 0.25) is 5.95 Å². The Morgan fingerprint density at radius 2 is 1.84 bits per heavy atom. The molecule has 5 heteroatoms. The van der Waals surface area contributed by atoms with Crippen LogP contribution in [0.1, 0.15) is 26.3 Å². The van der Waals surface area contributed by atoms with Gasteiger partial charge in [-0.05, 0) is 11.0 Å². The van der Waals surface area contributed by atoms with Crippen LogP contribution in [-0.2, 0) is 5.41 Å². The minimum Gasteiger partial charge on any atom is -0.353 e. The van der Waals surface area contributed by atoms with Crippen LogP contribution in [0.15, 0.2) is 12.4 Å². The average molecular weight is 263 g/mol. The van der Waals surface area contributed by atoms with Crippen molar-refractivity contribution in [3.05, 3.63) is 18.0 Å². The van der Waals surface area contributed by atoms with Gasteiger partial charge in [-0.25, -0.2) is 9.97 Å². The number of nitrogens with zero attached hydrogens (tertiary/aromatic N) is 3. The quantitative estimate of drug-likeness (QED) is 0.852. The third kappa shape index (κ3) is 4.44. The first kappa shape index (κ1) is 14.2. The highest BCUT2D eigenvalue weighted by Crippen LogP contribution is 2.20. The smallest absolute Gasteiger partial charge is 0.222 e. The molecule has 0 bridgehead atoms. The van der Waals surface area contributed by atoms with Crippen LogP contribution in [0.3, 0.4) is 0 Å². The molecule has 5 nitrogen and oxygen atoms in total. The molecular weight excluding hydrogens is 238 g/mol. The van der Waals surface area contributed by atoms with Crippen LogP contribution < -0.4 is 10.6 Å². The molecule has 19 heavy (non-hydrogen) atoms. The van der Waals surface area contributed by atoms with Gasteiger partial charge >= 0.3 is 0 Å². The highest BCUT2D eigenvalue weighted by molar-refractivity contribution is 5.27. The molecule has 106 valence electrons. The summed E-state index contributed by atoms with van der Waals surface area (Å²) in [5, 5.41) is 6.64. The Morgan fingerprint density at radius 1 is 1.21 bits per heavy atom. The van der Waals surface area contributed by atoms with Gasteiger partial charge in [0.05, 0.1) is 0 Å². The summed E-state index contributed by atoms with van der Waals surface area (Å²) < 4.78 is 0. The van der Waals surface area contributed by atoms with E-state index in [4.69, 9.17) is 0 Å². The lowest BCUT2D eigenvalue weighted by Crippen LogP contribution is -2.45. The normalized spacial score (nSPS) is 17.4. The fourth-order valence-electron chi connectivity index (χ4n) is 2.07. The van der Waals surface area contributed by atoms with E-state index in [1.807, 2.05) is 12.4 Å². The molecular formula is C14H25N5. The van der Waals surface area contributed by atoms with Crippen LogP contribution in [-0.4, -0.2) is 54.1 Å². The molecule has 0 spiro atoms.